The van der Waals surface area contributed by atoms with E-state index < -0.39 is 5.56 Å². The molecule has 0 radical (unpaired) electrons. The van der Waals surface area contributed by atoms with Crippen LogP contribution in [0.3, 0.4) is 0 Å². The molecule has 1 aromatic carbocycles. The molecule has 104 valence electrons. The molecule has 0 saturated carbocycles. The highest BCUT2D eigenvalue weighted by Gasteiger charge is 2.14. The molecule has 0 unspecified atom stereocenters. The number of nitrogens with zero attached hydrogens (tertiary/aromatic N) is 3. The highest BCUT2D eigenvalue weighted by Crippen LogP contribution is 2.26. The zero-order valence-corrected chi connectivity index (χ0v) is 12.2. The molecule has 0 aliphatic heterocycles. The Labute approximate surface area is 127 Å². The fourth-order valence-corrected chi connectivity index (χ4v) is 2.15. The van der Waals surface area contributed by atoms with Crippen molar-refractivity contribution in [3.63, 3.8) is 0 Å². The Morgan fingerprint density at radius 1 is 1.14 bits per heavy atom. The van der Waals surface area contributed by atoms with Crippen LogP contribution in [0.2, 0.25) is 0 Å². The lowest BCUT2D eigenvalue weighted by atomic mass is 10.1. The van der Waals surface area contributed by atoms with Crippen molar-refractivity contribution in [1.82, 2.24) is 19.9 Å². The lowest BCUT2D eigenvalue weighted by molar-refractivity contribution is 0.454. The first-order chi connectivity index (χ1) is 10.1. The molecular weight excluding hydrogens is 336 g/mol. The van der Waals surface area contributed by atoms with Crippen LogP contribution in [0.5, 0.6) is 5.88 Å². The number of aromatic nitrogens is 4. The average Bonchev–Trinajstić information content (AvgIpc) is 2.49. The third-order valence-corrected chi connectivity index (χ3v) is 3.37. The number of nitrogens with one attached hydrogen (secondary N) is 1. The lowest BCUT2D eigenvalue weighted by Gasteiger charge is -2.05. The molecule has 3 rings (SSSR count). The maximum absolute atomic E-state index is 12.2. The summed E-state index contributed by atoms with van der Waals surface area (Å²) in [4.78, 5) is 26.7. The van der Waals surface area contributed by atoms with Gasteiger partial charge in [-0.25, -0.2) is 4.98 Å². The second kappa shape index (κ2) is 5.45. The van der Waals surface area contributed by atoms with E-state index in [1.165, 1.54) is 18.6 Å². The van der Waals surface area contributed by atoms with Gasteiger partial charge >= 0.3 is 0 Å². The first-order valence-electron chi connectivity index (χ1n) is 6.01. The first kappa shape index (κ1) is 13.4. The van der Waals surface area contributed by atoms with Crippen molar-refractivity contribution in [3.05, 3.63) is 57.7 Å². The normalized spacial score (nSPS) is 10.5. The van der Waals surface area contributed by atoms with E-state index in [2.05, 4.69) is 35.9 Å². The highest BCUT2D eigenvalue weighted by atomic mass is 79.9. The van der Waals surface area contributed by atoms with Gasteiger partial charge in [-0.15, -0.1) is 0 Å². The molecule has 2 aromatic heterocycles. The molecule has 0 atom stereocenters. The molecule has 0 saturated heterocycles. The molecule has 6 nitrogen and oxygen atoms in total. The summed E-state index contributed by atoms with van der Waals surface area (Å²) in [5.74, 6) is -0.173. The summed E-state index contributed by atoms with van der Waals surface area (Å²) in [6.45, 7) is 0. The van der Waals surface area contributed by atoms with Gasteiger partial charge < -0.3 is 10.1 Å². The topological polar surface area (TPSA) is 91.8 Å². The van der Waals surface area contributed by atoms with Gasteiger partial charge in [-0.05, 0) is 17.7 Å². The molecule has 7 heteroatoms. The van der Waals surface area contributed by atoms with Crippen molar-refractivity contribution in [2.75, 3.05) is 0 Å². The number of aromatic amines is 1. The summed E-state index contributed by atoms with van der Waals surface area (Å²) in [7, 11) is 0. The summed E-state index contributed by atoms with van der Waals surface area (Å²) in [5.41, 5.74) is 0.642. The number of H-pyrrole nitrogens is 1. The van der Waals surface area contributed by atoms with Gasteiger partial charge in [0.2, 0.25) is 5.88 Å². The van der Waals surface area contributed by atoms with Crippen LogP contribution in [0.25, 0.3) is 22.6 Å². The summed E-state index contributed by atoms with van der Waals surface area (Å²) in [6.07, 6.45) is 4.45. The lowest BCUT2D eigenvalue weighted by Crippen LogP contribution is -2.12. The van der Waals surface area contributed by atoms with Crippen molar-refractivity contribution in [2.45, 2.75) is 0 Å². The molecule has 2 heterocycles. The summed E-state index contributed by atoms with van der Waals surface area (Å²) in [5, 5.41) is 10.1. The Morgan fingerprint density at radius 2 is 1.90 bits per heavy atom. The average molecular weight is 345 g/mol. The molecular formula is C14H9BrN4O2. The molecule has 3 aromatic rings. The minimum atomic E-state index is -0.439. The van der Waals surface area contributed by atoms with E-state index in [9.17, 15) is 9.90 Å². The van der Waals surface area contributed by atoms with Crippen LogP contribution in [0.4, 0.5) is 0 Å². The molecule has 0 aliphatic carbocycles. The smallest absolute Gasteiger partial charge is 0.262 e. The van der Waals surface area contributed by atoms with E-state index >= 15 is 0 Å². The quantitative estimate of drug-likeness (QED) is 0.744. The fourth-order valence-electron chi connectivity index (χ4n) is 1.88. The van der Waals surface area contributed by atoms with E-state index in [0.29, 0.717) is 11.3 Å². The zero-order chi connectivity index (χ0) is 14.8. The molecule has 0 bridgehead atoms. The maximum Gasteiger partial charge on any atom is 0.262 e. The predicted molar refractivity (Wildman–Crippen MR) is 80.7 cm³/mol. The van der Waals surface area contributed by atoms with E-state index in [0.717, 1.165) is 4.47 Å². The molecule has 2 N–H and O–H groups in total. The number of benzene rings is 1. The zero-order valence-electron chi connectivity index (χ0n) is 10.6. The molecule has 0 amide bonds. The third-order valence-electron chi connectivity index (χ3n) is 2.84. The van der Waals surface area contributed by atoms with Crippen LogP contribution in [0.15, 0.2) is 52.1 Å². The Balaban J connectivity index is 2.13. The predicted octanol–water partition coefficient (Wildman–Crippen LogP) is 2.36. The monoisotopic (exact) mass is 344 g/mol. The number of hydrogen-bond donors (Lipinski definition) is 2. The minimum Gasteiger partial charge on any atom is -0.493 e. The van der Waals surface area contributed by atoms with Crippen molar-refractivity contribution in [2.24, 2.45) is 0 Å². The first-order valence-corrected chi connectivity index (χ1v) is 6.80. The van der Waals surface area contributed by atoms with Gasteiger partial charge in [0.05, 0.1) is 6.20 Å². The summed E-state index contributed by atoms with van der Waals surface area (Å²) < 4.78 is 0.881. The van der Waals surface area contributed by atoms with Gasteiger partial charge in [-0.2, -0.15) is 4.98 Å². The number of hydrogen-bond acceptors (Lipinski definition) is 5. The number of rotatable bonds is 2. The molecule has 0 spiro atoms. The van der Waals surface area contributed by atoms with Crippen molar-refractivity contribution in [3.8, 4) is 28.5 Å². The van der Waals surface area contributed by atoms with Crippen LogP contribution in [-0.2, 0) is 0 Å². The Hall–Kier alpha value is -2.54. The van der Waals surface area contributed by atoms with Crippen LogP contribution < -0.4 is 5.56 Å². The maximum atomic E-state index is 12.2. The van der Waals surface area contributed by atoms with Gasteiger partial charge in [-0.3, -0.25) is 9.78 Å². The van der Waals surface area contributed by atoms with E-state index in [1.807, 2.05) is 0 Å². The summed E-state index contributed by atoms with van der Waals surface area (Å²) in [6, 6.07) is 7.01. The fraction of sp³-hybridized carbons (Fsp3) is 0. The van der Waals surface area contributed by atoms with E-state index in [1.54, 1.807) is 24.3 Å². The van der Waals surface area contributed by atoms with Crippen molar-refractivity contribution < 1.29 is 5.11 Å². The Kier molecular flexibility index (Phi) is 3.49. The molecule has 0 fully saturated rings. The van der Waals surface area contributed by atoms with Crippen molar-refractivity contribution >= 4 is 15.9 Å². The van der Waals surface area contributed by atoms with Gasteiger partial charge in [0, 0.05) is 16.9 Å². The molecule has 21 heavy (non-hydrogen) atoms. The largest absolute Gasteiger partial charge is 0.493 e. The van der Waals surface area contributed by atoms with E-state index in [-0.39, 0.29) is 17.3 Å². The Morgan fingerprint density at radius 3 is 2.52 bits per heavy atom. The second-order valence-electron chi connectivity index (χ2n) is 4.21. The van der Waals surface area contributed by atoms with E-state index in [4.69, 9.17) is 0 Å². The van der Waals surface area contributed by atoms with Gasteiger partial charge in [0.1, 0.15) is 11.3 Å². The van der Waals surface area contributed by atoms with Crippen LogP contribution in [-0.4, -0.2) is 25.0 Å². The second-order valence-corrected chi connectivity index (χ2v) is 5.13. The van der Waals surface area contributed by atoms with Crippen LogP contribution in [0.1, 0.15) is 0 Å². The van der Waals surface area contributed by atoms with Crippen molar-refractivity contribution in [1.29, 1.82) is 0 Å². The third kappa shape index (κ3) is 2.68. The number of aromatic hydroxyl groups is 1. The van der Waals surface area contributed by atoms with Gasteiger partial charge in [0.15, 0.2) is 5.82 Å². The van der Waals surface area contributed by atoms with Gasteiger partial charge in [0.25, 0.3) is 5.56 Å². The SMILES string of the molecule is O=c1[nH]c(-c2cnccn2)nc(O)c1-c1ccc(Br)cc1. The summed E-state index contributed by atoms with van der Waals surface area (Å²) >= 11 is 3.32. The van der Waals surface area contributed by atoms with Crippen LogP contribution in [0, 0.1) is 0 Å². The number of halogens is 1. The minimum absolute atomic E-state index is 0.121. The van der Waals surface area contributed by atoms with Crippen LogP contribution >= 0.6 is 15.9 Å². The Bertz CT molecular complexity index is 832. The van der Waals surface area contributed by atoms with Gasteiger partial charge in [-0.1, -0.05) is 28.1 Å². The molecule has 0 aliphatic rings. The highest BCUT2D eigenvalue weighted by molar-refractivity contribution is 9.10. The standard InChI is InChI=1S/C14H9BrN4O2/c15-9-3-1-8(2-4-9)11-13(20)18-12(19-14(11)21)10-7-16-5-6-17-10/h1-7H,(H2,18,19,20,21).